The number of hydrogen-bond donors (Lipinski definition) is 2. The zero-order chi connectivity index (χ0) is 18.0. The normalized spacial score (nSPS) is 16.5. The summed E-state index contributed by atoms with van der Waals surface area (Å²) in [5.41, 5.74) is 1.10. The highest BCUT2D eigenvalue weighted by atomic mass is 127. The van der Waals surface area contributed by atoms with E-state index >= 15 is 0 Å². The first-order chi connectivity index (χ1) is 12.2. The van der Waals surface area contributed by atoms with Crippen LogP contribution in [0.2, 0.25) is 0 Å². The van der Waals surface area contributed by atoms with E-state index in [1.54, 1.807) is 0 Å². The lowest BCUT2D eigenvalue weighted by atomic mass is 9.99. The predicted molar refractivity (Wildman–Crippen MR) is 122 cm³/mol. The van der Waals surface area contributed by atoms with E-state index in [1.165, 1.54) is 0 Å². The van der Waals surface area contributed by atoms with Gasteiger partial charge in [-0.1, -0.05) is 18.2 Å². The van der Waals surface area contributed by atoms with Gasteiger partial charge in [-0.05, 0) is 39.0 Å². The Morgan fingerprint density at radius 3 is 2.62 bits per heavy atom. The Morgan fingerprint density at radius 2 is 1.96 bits per heavy atom. The molecule has 2 N–H and O–H groups in total. The fourth-order valence-corrected chi connectivity index (χ4v) is 3.67. The van der Waals surface area contributed by atoms with Gasteiger partial charge < -0.3 is 20.1 Å². The van der Waals surface area contributed by atoms with Crippen molar-refractivity contribution < 1.29 is 9.47 Å². The third kappa shape index (κ3) is 7.15. The molecule has 0 atom stereocenters. The van der Waals surface area contributed by atoms with Crippen molar-refractivity contribution in [3.8, 4) is 5.75 Å². The summed E-state index contributed by atoms with van der Waals surface area (Å²) in [6.45, 7) is 8.78. The Balaban J connectivity index is 0.00000338. The van der Waals surface area contributed by atoms with Crippen molar-refractivity contribution in [1.29, 1.82) is 0 Å². The Bertz CT molecular complexity index is 551. The number of hydrogen-bond acceptors (Lipinski definition) is 4. The van der Waals surface area contributed by atoms with Crippen LogP contribution >= 0.6 is 35.7 Å². The van der Waals surface area contributed by atoms with Crippen LogP contribution < -0.4 is 15.4 Å². The fourth-order valence-electron chi connectivity index (χ4n) is 2.88. The predicted octanol–water partition coefficient (Wildman–Crippen LogP) is 3.67. The van der Waals surface area contributed by atoms with Gasteiger partial charge in [0.05, 0.1) is 13.2 Å². The summed E-state index contributed by atoms with van der Waals surface area (Å²) in [7, 11) is 0. The number of guanidine groups is 1. The molecule has 26 heavy (non-hydrogen) atoms. The zero-order valence-electron chi connectivity index (χ0n) is 16.0. The average molecular weight is 493 g/mol. The quantitative estimate of drug-likeness (QED) is 0.329. The molecule has 1 aromatic rings. The molecular formula is C19H32IN3O2S. The van der Waals surface area contributed by atoms with E-state index in [2.05, 4.69) is 29.9 Å². The third-order valence-corrected chi connectivity index (χ3v) is 5.86. The number of para-hydroxylation sites is 1. The van der Waals surface area contributed by atoms with Crippen LogP contribution in [0.15, 0.2) is 29.3 Å². The van der Waals surface area contributed by atoms with Crippen LogP contribution in [0.3, 0.4) is 0 Å². The molecule has 0 saturated carbocycles. The first kappa shape index (κ1) is 23.4. The summed E-state index contributed by atoms with van der Waals surface area (Å²) in [4.78, 5) is 4.75. The van der Waals surface area contributed by atoms with E-state index in [1.807, 2.05) is 36.9 Å². The Kier molecular flexibility index (Phi) is 11.4. The van der Waals surface area contributed by atoms with E-state index in [0.717, 1.165) is 56.4 Å². The van der Waals surface area contributed by atoms with Gasteiger partial charge in [-0.15, -0.1) is 24.0 Å². The maximum Gasteiger partial charge on any atom is 0.191 e. The number of halogens is 1. The molecule has 1 saturated heterocycles. The first-order valence-corrected chi connectivity index (χ1v) is 10.3. The van der Waals surface area contributed by atoms with Crippen LogP contribution in [-0.2, 0) is 11.3 Å². The lowest BCUT2D eigenvalue weighted by Gasteiger charge is -2.36. The highest BCUT2D eigenvalue weighted by molar-refractivity contribution is 14.0. The van der Waals surface area contributed by atoms with Gasteiger partial charge in [-0.2, -0.15) is 11.8 Å². The van der Waals surface area contributed by atoms with E-state index in [4.69, 9.17) is 14.5 Å². The van der Waals surface area contributed by atoms with Crippen molar-refractivity contribution in [2.24, 2.45) is 4.99 Å². The van der Waals surface area contributed by atoms with Crippen LogP contribution in [0.5, 0.6) is 5.75 Å². The lowest BCUT2D eigenvalue weighted by molar-refractivity contribution is 0.0783. The van der Waals surface area contributed by atoms with E-state index < -0.39 is 0 Å². The number of rotatable bonds is 8. The second-order valence-corrected chi connectivity index (χ2v) is 7.36. The maximum atomic E-state index is 5.69. The van der Waals surface area contributed by atoms with Crippen molar-refractivity contribution in [2.45, 2.75) is 38.0 Å². The number of ether oxygens (including phenoxy) is 2. The van der Waals surface area contributed by atoms with Gasteiger partial charge in [0.2, 0.25) is 0 Å². The monoisotopic (exact) mass is 493 g/mol. The van der Waals surface area contributed by atoms with Gasteiger partial charge in [0, 0.05) is 36.6 Å². The summed E-state index contributed by atoms with van der Waals surface area (Å²) in [5, 5.41) is 6.87. The summed E-state index contributed by atoms with van der Waals surface area (Å²) < 4.78 is 11.4. The molecule has 0 aliphatic carbocycles. The molecule has 5 nitrogen and oxygen atoms in total. The van der Waals surface area contributed by atoms with Gasteiger partial charge in [0.25, 0.3) is 0 Å². The molecule has 0 radical (unpaired) electrons. The molecule has 1 aliphatic rings. The van der Waals surface area contributed by atoms with Crippen LogP contribution in [0, 0.1) is 0 Å². The van der Waals surface area contributed by atoms with E-state index in [-0.39, 0.29) is 28.7 Å². The van der Waals surface area contributed by atoms with Crippen molar-refractivity contribution in [2.75, 3.05) is 39.2 Å². The molecule has 0 aromatic heterocycles. The summed E-state index contributed by atoms with van der Waals surface area (Å²) >= 11 is 1.93. The van der Waals surface area contributed by atoms with E-state index in [0.29, 0.717) is 13.2 Å². The molecule has 1 aromatic carbocycles. The Morgan fingerprint density at radius 1 is 1.23 bits per heavy atom. The number of nitrogens with zero attached hydrogens (tertiary/aromatic N) is 1. The van der Waals surface area contributed by atoms with E-state index in [9.17, 15) is 0 Å². The summed E-state index contributed by atoms with van der Waals surface area (Å²) in [6, 6.07) is 8.09. The molecule has 0 bridgehead atoms. The van der Waals surface area contributed by atoms with Gasteiger partial charge in [0.15, 0.2) is 5.96 Å². The molecule has 1 fully saturated rings. The Hall–Kier alpha value is -0.670. The lowest BCUT2D eigenvalue weighted by Crippen LogP contribution is -2.47. The highest BCUT2D eigenvalue weighted by Crippen LogP contribution is 2.32. The fraction of sp³-hybridized carbons (Fsp3) is 0.632. The number of thioether (sulfide) groups is 1. The molecule has 0 amide bonds. The minimum atomic E-state index is 0. The van der Waals surface area contributed by atoms with Crippen molar-refractivity contribution >= 4 is 41.7 Å². The standard InChI is InChI=1S/C19H31N3O2S.HI/c1-4-20-18(22-15-19(25-3)10-12-23-13-11-19)21-14-16-8-6-7-9-17(16)24-5-2;/h6-9H,4-5,10-15H2,1-3H3,(H2,20,21,22);1H. The van der Waals surface area contributed by atoms with Crippen LogP contribution in [-0.4, -0.2) is 49.9 Å². The van der Waals surface area contributed by atoms with Gasteiger partial charge >= 0.3 is 0 Å². The molecule has 2 rings (SSSR count). The van der Waals surface area contributed by atoms with Gasteiger partial charge in [-0.25, -0.2) is 4.99 Å². The second kappa shape index (κ2) is 12.7. The molecule has 0 unspecified atom stereocenters. The van der Waals surface area contributed by atoms with Gasteiger partial charge in [0.1, 0.15) is 5.75 Å². The van der Waals surface area contributed by atoms with Crippen LogP contribution in [0.1, 0.15) is 32.3 Å². The average Bonchev–Trinajstić information content (AvgIpc) is 2.66. The summed E-state index contributed by atoms with van der Waals surface area (Å²) in [5.74, 6) is 1.77. The first-order valence-electron chi connectivity index (χ1n) is 9.09. The topological polar surface area (TPSA) is 54.9 Å². The molecule has 0 spiro atoms. The SMILES string of the molecule is CCNC(=NCc1ccccc1OCC)NCC1(SC)CCOCC1.I. The second-order valence-electron chi connectivity index (χ2n) is 6.09. The zero-order valence-corrected chi connectivity index (χ0v) is 19.2. The minimum Gasteiger partial charge on any atom is -0.494 e. The molecule has 148 valence electrons. The number of nitrogens with one attached hydrogen (secondary N) is 2. The molecule has 1 heterocycles. The minimum absolute atomic E-state index is 0. The number of benzene rings is 1. The van der Waals surface area contributed by atoms with Crippen molar-refractivity contribution in [3.63, 3.8) is 0 Å². The Labute approximate surface area is 179 Å². The third-order valence-electron chi connectivity index (χ3n) is 4.44. The smallest absolute Gasteiger partial charge is 0.191 e. The molecular weight excluding hydrogens is 461 g/mol. The maximum absolute atomic E-state index is 5.69. The highest BCUT2D eigenvalue weighted by Gasteiger charge is 2.31. The van der Waals surface area contributed by atoms with Gasteiger partial charge in [-0.3, -0.25) is 0 Å². The van der Waals surface area contributed by atoms with Crippen LogP contribution in [0.25, 0.3) is 0 Å². The largest absolute Gasteiger partial charge is 0.494 e. The molecule has 1 aliphatic heterocycles. The van der Waals surface area contributed by atoms with Crippen LogP contribution in [0.4, 0.5) is 0 Å². The number of aliphatic imine (C=N–C) groups is 1. The summed E-state index contributed by atoms with van der Waals surface area (Å²) in [6.07, 6.45) is 4.34. The van der Waals surface area contributed by atoms with Crippen molar-refractivity contribution in [1.82, 2.24) is 10.6 Å². The molecule has 7 heteroatoms. The van der Waals surface area contributed by atoms with Crippen molar-refractivity contribution in [3.05, 3.63) is 29.8 Å².